The summed E-state index contributed by atoms with van der Waals surface area (Å²) in [5.74, 6) is -0.732. The maximum absolute atomic E-state index is 10.9. The minimum atomic E-state index is -0.989. The summed E-state index contributed by atoms with van der Waals surface area (Å²) in [5.41, 5.74) is 0.918. The fourth-order valence-electron chi connectivity index (χ4n) is 1.43. The highest BCUT2D eigenvalue weighted by atomic mass is 16.5. The van der Waals surface area contributed by atoms with Crippen LogP contribution >= 0.6 is 0 Å². The molecule has 0 spiro atoms. The molecule has 0 saturated heterocycles. The molecule has 1 heterocycles. The van der Waals surface area contributed by atoms with Gasteiger partial charge in [0.05, 0.1) is 0 Å². The van der Waals surface area contributed by atoms with E-state index < -0.39 is 5.97 Å². The number of carbonyl (C=O) groups is 1. The van der Waals surface area contributed by atoms with Crippen molar-refractivity contribution in [3.63, 3.8) is 0 Å². The van der Waals surface area contributed by atoms with E-state index in [1.807, 2.05) is 6.92 Å². The van der Waals surface area contributed by atoms with E-state index in [9.17, 15) is 4.79 Å². The maximum Gasteiger partial charge on any atom is 0.341 e. The summed E-state index contributed by atoms with van der Waals surface area (Å²) in [5, 5.41) is 8.94. The van der Waals surface area contributed by atoms with Crippen molar-refractivity contribution in [3.05, 3.63) is 23.4 Å². The maximum atomic E-state index is 10.9. The molecule has 1 aromatic rings. The lowest BCUT2D eigenvalue weighted by molar-refractivity contribution is 0.0675. The van der Waals surface area contributed by atoms with Crippen molar-refractivity contribution in [2.45, 2.75) is 32.3 Å². The highest BCUT2D eigenvalue weighted by molar-refractivity contribution is 5.90. The van der Waals surface area contributed by atoms with Gasteiger partial charge < -0.3 is 9.84 Å². The van der Waals surface area contributed by atoms with Gasteiger partial charge in [-0.05, 0) is 38.3 Å². The van der Waals surface area contributed by atoms with Crippen molar-refractivity contribution in [2.24, 2.45) is 0 Å². The standard InChI is InChI=1S/C11H13NO3/c1-7-5-6-9(11(13)14)10(12-7)15-8-3-2-4-8/h5-6,8H,2-4H2,1H3,(H,13,14). The fraction of sp³-hybridized carbons (Fsp3) is 0.455. The third-order valence-electron chi connectivity index (χ3n) is 2.56. The summed E-state index contributed by atoms with van der Waals surface area (Å²) in [4.78, 5) is 15.0. The van der Waals surface area contributed by atoms with Crippen molar-refractivity contribution in [2.75, 3.05) is 0 Å². The van der Waals surface area contributed by atoms with Crippen molar-refractivity contribution in [3.8, 4) is 5.88 Å². The van der Waals surface area contributed by atoms with Crippen molar-refractivity contribution in [1.29, 1.82) is 0 Å². The second-order valence-corrected chi connectivity index (χ2v) is 3.78. The zero-order valence-corrected chi connectivity index (χ0v) is 8.56. The van der Waals surface area contributed by atoms with Crippen LogP contribution in [0.4, 0.5) is 0 Å². The van der Waals surface area contributed by atoms with Gasteiger partial charge in [-0.3, -0.25) is 0 Å². The van der Waals surface area contributed by atoms with Gasteiger partial charge in [-0.25, -0.2) is 9.78 Å². The number of carboxylic acids is 1. The number of hydrogen-bond donors (Lipinski definition) is 1. The first kappa shape index (κ1) is 9.96. The van der Waals surface area contributed by atoms with Gasteiger partial charge in [0.15, 0.2) is 0 Å². The average molecular weight is 207 g/mol. The predicted molar refractivity (Wildman–Crippen MR) is 54.2 cm³/mol. The van der Waals surface area contributed by atoms with Crippen LogP contribution in [-0.2, 0) is 0 Å². The Morgan fingerprint density at radius 3 is 2.80 bits per heavy atom. The number of aryl methyl sites for hydroxylation is 1. The fourth-order valence-corrected chi connectivity index (χ4v) is 1.43. The Hall–Kier alpha value is -1.58. The third-order valence-corrected chi connectivity index (χ3v) is 2.56. The lowest BCUT2D eigenvalue weighted by Crippen LogP contribution is -2.26. The van der Waals surface area contributed by atoms with Crippen LogP contribution in [0.25, 0.3) is 0 Å². The van der Waals surface area contributed by atoms with E-state index in [1.165, 1.54) is 0 Å². The third kappa shape index (κ3) is 2.09. The van der Waals surface area contributed by atoms with Gasteiger partial charge in [0.2, 0.25) is 5.88 Å². The summed E-state index contributed by atoms with van der Waals surface area (Å²) < 4.78 is 5.53. The van der Waals surface area contributed by atoms with Gasteiger partial charge in [-0.15, -0.1) is 0 Å². The zero-order chi connectivity index (χ0) is 10.8. The second-order valence-electron chi connectivity index (χ2n) is 3.78. The second kappa shape index (κ2) is 3.88. The first-order valence-electron chi connectivity index (χ1n) is 5.04. The molecule has 0 atom stereocenters. The Labute approximate surface area is 87.9 Å². The van der Waals surface area contributed by atoms with E-state index in [0.717, 1.165) is 25.0 Å². The summed E-state index contributed by atoms with van der Waals surface area (Å²) >= 11 is 0. The van der Waals surface area contributed by atoms with Crippen molar-refractivity contribution < 1.29 is 14.6 Å². The predicted octanol–water partition coefficient (Wildman–Crippen LogP) is 2.02. The smallest absolute Gasteiger partial charge is 0.341 e. The van der Waals surface area contributed by atoms with Gasteiger partial charge in [0.1, 0.15) is 11.7 Å². The Balaban J connectivity index is 2.24. The van der Waals surface area contributed by atoms with Crippen LogP contribution in [0.2, 0.25) is 0 Å². The quantitative estimate of drug-likeness (QED) is 0.823. The highest BCUT2D eigenvalue weighted by Crippen LogP contribution is 2.26. The molecule has 0 aliphatic heterocycles. The molecule has 4 nitrogen and oxygen atoms in total. The van der Waals surface area contributed by atoms with Gasteiger partial charge in [-0.2, -0.15) is 0 Å². The summed E-state index contributed by atoms with van der Waals surface area (Å²) in [6, 6.07) is 3.22. The molecule has 1 aromatic heterocycles. The lowest BCUT2D eigenvalue weighted by Gasteiger charge is -2.26. The Morgan fingerprint density at radius 2 is 2.27 bits per heavy atom. The Morgan fingerprint density at radius 1 is 1.53 bits per heavy atom. The van der Waals surface area contributed by atoms with E-state index in [1.54, 1.807) is 12.1 Å². The molecule has 15 heavy (non-hydrogen) atoms. The SMILES string of the molecule is Cc1ccc(C(=O)O)c(OC2CCC2)n1. The molecule has 1 fully saturated rings. The van der Waals surface area contributed by atoms with Crippen LogP contribution in [-0.4, -0.2) is 22.2 Å². The minimum absolute atomic E-state index is 0.146. The topological polar surface area (TPSA) is 59.4 Å². The average Bonchev–Trinajstić information content (AvgIpc) is 2.11. The molecule has 4 heteroatoms. The number of hydrogen-bond acceptors (Lipinski definition) is 3. The molecular weight excluding hydrogens is 194 g/mol. The molecule has 80 valence electrons. The van der Waals surface area contributed by atoms with E-state index in [4.69, 9.17) is 9.84 Å². The molecule has 1 N–H and O–H groups in total. The van der Waals surface area contributed by atoms with E-state index >= 15 is 0 Å². The van der Waals surface area contributed by atoms with Crippen LogP contribution in [0.1, 0.15) is 35.3 Å². The highest BCUT2D eigenvalue weighted by Gasteiger charge is 2.22. The molecule has 0 bridgehead atoms. The summed E-state index contributed by atoms with van der Waals surface area (Å²) in [6.45, 7) is 1.82. The summed E-state index contributed by atoms with van der Waals surface area (Å²) in [6.07, 6.45) is 3.29. The number of aromatic nitrogens is 1. The molecule has 1 aliphatic rings. The molecule has 0 unspecified atom stereocenters. The van der Waals surface area contributed by atoms with Crippen LogP contribution in [0.15, 0.2) is 12.1 Å². The zero-order valence-electron chi connectivity index (χ0n) is 8.56. The number of ether oxygens (including phenoxy) is 1. The van der Waals surface area contributed by atoms with Gasteiger partial charge in [-0.1, -0.05) is 0 Å². The molecular formula is C11H13NO3. The van der Waals surface area contributed by atoms with Crippen LogP contribution in [0, 0.1) is 6.92 Å². The normalized spacial score (nSPS) is 15.8. The van der Waals surface area contributed by atoms with Gasteiger partial charge in [0, 0.05) is 5.69 Å². The number of pyridine rings is 1. The largest absolute Gasteiger partial charge is 0.477 e. The Bertz CT molecular complexity index is 385. The van der Waals surface area contributed by atoms with E-state index in [0.29, 0.717) is 0 Å². The van der Waals surface area contributed by atoms with Crippen LogP contribution in [0.3, 0.4) is 0 Å². The minimum Gasteiger partial charge on any atom is -0.477 e. The molecule has 2 rings (SSSR count). The summed E-state index contributed by atoms with van der Waals surface area (Å²) in [7, 11) is 0. The molecule has 0 radical (unpaired) electrons. The van der Waals surface area contributed by atoms with E-state index in [2.05, 4.69) is 4.98 Å². The number of carboxylic acid groups (broad SMARTS) is 1. The van der Waals surface area contributed by atoms with Crippen molar-refractivity contribution >= 4 is 5.97 Å². The van der Waals surface area contributed by atoms with E-state index in [-0.39, 0.29) is 17.5 Å². The molecule has 0 amide bonds. The number of rotatable bonds is 3. The molecule has 1 saturated carbocycles. The first-order valence-corrected chi connectivity index (χ1v) is 5.04. The number of aromatic carboxylic acids is 1. The van der Waals surface area contributed by atoms with Crippen LogP contribution < -0.4 is 4.74 Å². The van der Waals surface area contributed by atoms with Gasteiger partial charge in [0.25, 0.3) is 0 Å². The Kier molecular flexibility index (Phi) is 2.58. The van der Waals surface area contributed by atoms with Crippen LogP contribution in [0.5, 0.6) is 5.88 Å². The first-order chi connectivity index (χ1) is 7.16. The molecule has 1 aliphatic carbocycles. The molecule has 0 aromatic carbocycles. The lowest BCUT2D eigenvalue weighted by atomic mass is 9.96. The number of nitrogens with zero attached hydrogens (tertiary/aromatic N) is 1. The van der Waals surface area contributed by atoms with Gasteiger partial charge >= 0.3 is 5.97 Å². The monoisotopic (exact) mass is 207 g/mol. The van der Waals surface area contributed by atoms with Crippen molar-refractivity contribution in [1.82, 2.24) is 4.98 Å².